The van der Waals surface area contributed by atoms with Gasteiger partial charge in [-0.2, -0.15) is 0 Å². The van der Waals surface area contributed by atoms with Crippen LogP contribution in [0.2, 0.25) is 0 Å². The van der Waals surface area contributed by atoms with E-state index in [1.807, 2.05) is 54.7 Å². The van der Waals surface area contributed by atoms with E-state index in [-0.39, 0.29) is 31.3 Å². The van der Waals surface area contributed by atoms with Gasteiger partial charge in [0.25, 0.3) is 5.91 Å². The number of amides is 4. The Morgan fingerprint density at radius 2 is 1.86 bits per heavy atom. The van der Waals surface area contributed by atoms with Gasteiger partial charge in [0, 0.05) is 12.7 Å². The third kappa shape index (κ3) is 4.08. The molecule has 1 aliphatic rings. The van der Waals surface area contributed by atoms with E-state index in [1.165, 1.54) is 0 Å². The molecule has 3 aromatic rings. The summed E-state index contributed by atoms with van der Waals surface area (Å²) in [6.45, 7) is 0.453. The maximum atomic E-state index is 12.5. The van der Waals surface area contributed by atoms with E-state index < -0.39 is 12.1 Å². The number of nitrogens with zero attached hydrogens (tertiary/aromatic N) is 4. The molecule has 0 aliphatic carbocycles. The Balaban J connectivity index is 1.30. The summed E-state index contributed by atoms with van der Waals surface area (Å²) in [5, 5.41) is 13.4. The van der Waals surface area contributed by atoms with Gasteiger partial charge in [-0.15, -0.1) is 10.2 Å². The largest absolute Gasteiger partial charge is 0.349 e. The smallest absolute Gasteiger partial charge is 0.324 e. The lowest BCUT2D eigenvalue weighted by atomic mass is 10.1. The number of carbonyl (C=O) groups excluding carboxylic acids is 3. The predicted octanol–water partition coefficient (Wildman–Crippen LogP) is 0.899. The number of nitrogens with one attached hydrogen (secondary N) is 2. The Morgan fingerprint density at radius 3 is 2.69 bits per heavy atom. The van der Waals surface area contributed by atoms with Crippen LogP contribution in [0.15, 0.2) is 54.7 Å². The first kappa shape index (κ1) is 18.6. The molecule has 1 saturated heterocycles. The number of hydrogen-bond donors (Lipinski definition) is 2. The summed E-state index contributed by atoms with van der Waals surface area (Å²) in [6, 6.07) is 13.8. The molecule has 1 aromatic carbocycles. The first-order valence-corrected chi connectivity index (χ1v) is 9.33. The molecule has 29 heavy (non-hydrogen) atoms. The molecule has 148 valence electrons. The molecule has 0 bridgehead atoms. The number of imide groups is 1. The third-order valence-electron chi connectivity index (χ3n) is 4.79. The summed E-state index contributed by atoms with van der Waals surface area (Å²) in [6.07, 6.45) is 2.25. The second kappa shape index (κ2) is 8.09. The van der Waals surface area contributed by atoms with Crippen LogP contribution in [0.5, 0.6) is 0 Å². The summed E-state index contributed by atoms with van der Waals surface area (Å²) in [7, 11) is 0. The lowest BCUT2D eigenvalue weighted by molar-refractivity contribution is -0.130. The van der Waals surface area contributed by atoms with E-state index in [4.69, 9.17) is 0 Å². The van der Waals surface area contributed by atoms with Crippen molar-refractivity contribution >= 4 is 23.5 Å². The number of pyridine rings is 1. The van der Waals surface area contributed by atoms with E-state index in [2.05, 4.69) is 20.8 Å². The highest BCUT2D eigenvalue weighted by Gasteiger charge is 2.38. The van der Waals surface area contributed by atoms with Crippen molar-refractivity contribution in [2.75, 3.05) is 6.54 Å². The van der Waals surface area contributed by atoms with Gasteiger partial charge < -0.3 is 10.6 Å². The number of rotatable bonds is 7. The highest BCUT2D eigenvalue weighted by Crippen LogP contribution is 2.11. The average Bonchev–Trinajstić information content (AvgIpc) is 3.26. The molecule has 1 unspecified atom stereocenters. The topological polar surface area (TPSA) is 109 Å². The van der Waals surface area contributed by atoms with Gasteiger partial charge in [0.05, 0.1) is 13.0 Å². The second-order valence-electron chi connectivity index (χ2n) is 6.75. The van der Waals surface area contributed by atoms with Gasteiger partial charge >= 0.3 is 6.03 Å². The number of fused-ring (bicyclic) bond motifs is 1. The average molecular weight is 392 g/mol. The monoisotopic (exact) mass is 392 g/mol. The molecule has 1 atom stereocenters. The van der Waals surface area contributed by atoms with Gasteiger partial charge in [0.15, 0.2) is 11.5 Å². The van der Waals surface area contributed by atoms with E-state index in [0.717, 1.165) is 10.5 Å². The molecule has 0 spiro atoms. The van der Waals surface area contributed by atoms with E-state index in [9.17, 15) is 14.4 Å². The number of carbonyl (C=O) groups is 3. The zero-order chi connectivity index (χ0) is 20.2. The standard InChI is InChI=1S/C20H20N6O3/c27-18(21-13-17-24-23-16-8-4-5-10-25(16)17)12-15-19(28)26(20(29)22-15)11-9-14-6-2-1-3-7-14/h1-8,10,15H,9,11-13H2,(H,21,27)(H,22,29). The maximum Gasteiger partial charge on any atom is 0.324 e. The quantitative estimate of drug-likeness (QED) is 0.581. The first-order chi connectivity index (χ1) is 14.1. The van der Waals surface area contributed by atoms with Crippen LogP contribution >= 0.6 is 0 Å². The highest BCUT2D eigenvalue weighted by atomic mass is 16.2. The van der Waals surface area contributed by atoms with Crippen molar-refractivity contribution in [3.63, 3.8) is 0 Å². The van der Waals surface area contributed by atoms with E-state index in [1.54, 1.807) is 4.40 Å². The van der Waals surface area contributed by atoms with Gasteiger partial charge in [0.2, 0.25) is 5.91 Å². The van der Waals surface area contributed by atoms with Crippen LogP contribution in [0.4, 0.5) is 4.79 Å². The lowest BCUT2D eigenvalue weighted by Gasteiger charge is -2.13. The summed E-state index contributed by atoms with van der Waals surface area (Å²) < 4.78 is 1.77. The van der Waals surface area contributed by atoms with Crippen LogP contribution in [-0.2, 0) is 22.6 Å². The van der Waals surface area contributed by atoms with Crippen molar-refractivity contribution in [1.82, 2.24) is 30.1 Å². The summed E-state index contributed by atoms with van der Waals surface area (Å²) in [5.41, 5.74) is 1.72. The molecule has 2 N–H and O–H groups in total. The van der Waals surface area contributed by atoms with Crippen LogP contribution in [-0.4, -0.2) is 49.9 Å². The van der Waals surface area contributed by atoms with Crippen molar-refractivity contribution in [2.24, 2.45) is 0 Å². The van der Waals surface area contributed by atoms with Crippen LogP contribution in [0.25, 0.3) is 5.65 Å². The molecule has 3 heterocycles. The predicted molar refractivity (Wildman–Crippen MR) is 104 cm³/mol. The summed E-state index contributed by atoms with van der Waals surface area (Å²) in [4.78, 5) is 38.1. The van der Waals surface area contributed by atoms with Crippen molar-refractivity contribution in [3.8, 4) is 0 Å². The van der Waals surface area contributed by atoms with E-state index in [0.29, 0.717) is 17.9 Å². The fourth-order valence-electron chi connectivity index (χ4n) is 3.26. The molecule has 1 fully saturated rings. The first-order valence-electron chi connectivity index (χ1n) is 9.33. The Bertz CT molecular complexity index is 1050. The highest BCUT2D eigenvalue weighted by molar-refractivity contribution is 6.05. The molecule has 2 aromatic heterocycles. The molecule has 9 nitrogen and oxygen atoms in total. The Hall–Kier alpha value is -3.75. The van der Waals surface area contributed by atoms with Crippen molar-refractivity contribution < 1.29 is 14.4 Å². The Morgan fingerprint density at radius 1 is 1.07 bits per heavy atom. The van der Waals surface area contributed by atoms with Crippen LogP contribution in [0.1, 0.15) is 17.8 Å². The molecular formula is C20H20N6O3. The fraction of sp³-hybridized carbons (Fsp3) is 0.250. The van der Waals surface area contributed by atoms with Crippen molar-refractivity contribution in [2.45, 2.75) is 25.4 Å². The van der Waals surface area contributed by atoms with Crippen LogP contribution < -0.4 is 10.6 Å². The van der Waals surface area contributed by atoms with Crippen molar-refractivity contribution in [3.05, 3.63) is 66.1 Å². The molecule has 9 heteroatoms. The van der Waals surface area contributed by atoms with Gasteiger partial charge in [-0.25, -0.2) is 4.79 Å². The SMILES string of the molecule is O=C(CC1NC(=O)N(CCc2ccccc2)C1=O)NCc1nnc2ccccn12. The normalized spacial score (nSPS) is 16.3. The molecule has 1 aliphatic heterocycles. The lowest BCUT2D eigenvalue weighted by Crippen LogP contribution is -2.36. The Kier molecular flexibility index (Phi) is 5.19. The summed E-state index contributed by atoms with van der Waals surface area (Å²) >= 11 is 0. The van der Waals surface area contributed by atoms with E-state index >= 15 is 0 Å². The summed E-state index contributed by atoms with van der Waals surface area (Å²) in [5.74, 6) is -0.143. The number of aromatic nitrogens is 3. The van der Waals surface area contributed by atoms with Crippen LogP contribution in [0.3, 0.4) is 0 Å². The Labute approximate surface area is 166 Å². The van der Waals surface area contributed by atoms with Gasteiger partial charge in [0.1, 0.15) is 6.04 Å². The number of benzene rings is 1. The molecule has 0 radical (unpaired) electrons. The van der Waals surface area contributed by atoms with Gasteiger partial charge in [-0.1, -0.05) is 36.4 Å². The minimum absolute atomic E-state index is 0.122. The molecule has 0 saturated carbocycles. The second-order valence-corrected chi connectivity index (χ2v) is 6.75. The molecular weight excluding hydrogens is 372 g/mol. The number of hydrogen-bond acceptors (Lipinski definition) is 5. The maximum absolute atomic E-state index is 12.5. The van der Waals surface area contributed by atoms with Gasteiger partial charge in [-0.3, -0.25) is 18.9 Å². The van der Waals surface area contributed by atoms with Crippen LogP contribution in [0, 0.1) is 0 Å². The molecule has 4 amide bonds. The fourth-order valence-corrected chi connectivity index (χ4v) is 3.26. The minimum Gasteiger partial charge on any atom is -0.349 e. The zero-order valence-corrected chi connectivity index (χ0v) is 15.6. The number of urea groups is 1. The minimum atomic E-state index is -0.853. The van der Waals surface area contributed by atoms with Crippen molar-refractivity contribution in [1.29, 1.82) is 0 Å². The molecule has 4 rings (SSSR count). The zero-order valence-electron chi connectivity index (χ0n) is 15.6. The van der Waals surface area contributed by atoms with Gasteiger partial charge in [-0.05, 0) is 24.1 Å². The third-order valence-corrected chi connectivity index (χ3v) is 4.79.